The molecular weight excluding hydrogens is 220 g/mol. The maximum atomic E-state index is 11.5. The number of hydrogen-bond acceptors (Lipinski definition) is 3. The fourth-order valence-corrected chi connectivity index (χ4v) is 1.64. The van der Waals surface area contributed by atoms with E-state index in [1.807, 2.05) is 20.8 Å². The summed E-state index contributed by atoms with van der Waals surface area (Å²) in [6.07, 6.45) is 1.94. The number of carbonyl (C=O) groups excluding carboxylic acids is 1. The van der Waals surface area contributed by atoms with Crippen LogP contribution in [-0.4, -0.2) is 35.6 Å². The summed E-state index contributed by atoms with van der Waals surface area (Å²) >= 11 is 0. The van der Waals surface area contributed by atoms with E-state index in [0.717, 1.165) is 12.8 Å². The average Bonchev–Trinajstić information content (AvgIpc) is 2.16. The van der Waals surface area contributed by atoms with E-state index < -0.39 is 12.0 Å². The van der Waals surface area contributed by atoms with Gasteiger partial charge in [-0.25, -0.2) is 0 Å². The molecule has 0 aromatic carbocycles. The summed E-state index contributed by atoms with van der Waals surface area (Å²) in [5.41, 5.74) is 0. The van der Waals surface area contributed by atoms with Crippen molar-refractivity contribution in [1.29, 1.82) is 0 Å². The summed E-state index contributed by atoms with van der Waals surface area (Å²) in [5, 5.41) is 14.5. The molecule has 0 rings (SSSR count). The van der Waals surface area contributed by atoms with Crippen LogP contribution in [0.4, 0.5) is 0 Å². The van der Waals surface area contributed by atoms with Crippen molar-refractivity contribution in [1.82, 2.24) is 10.6 Å². The van der Waals surface area contributed by atoms with E-state index in [1.165, 1.54) is 0 Å². The van der Waals surface area contributed by atoms with Crippen LogP contribution < -0.4 is 10.6 Å². The Labute approximate surface area is 103 Å². The average molecular weight is 244 g/mol. The molecule has 3 N–H and O–H groups in total. The summed E-state index contributed by atoms with van der Waals surface area (Å²) in [6, 6.07) is -0.543. The molecule has 0 radical (unpaired) electrons. The van der Waals surface area contributed by atoms with Gasteiger partial charge in [-0.05, 0) is 19.3 Å². The SMILES string of the molecule is CCCC(C)NC(=O)CNC(C(=O)O)C(C)C. The maximum Gasteiger partial charge on any atom is 0.320 e. The van der Waals surface area contributed by atoms with E-state index in [-0.39, 0.29) is 24.4 Å². The molecule has 5 heteroatoms. The second-order valence-electron chi connectivity index (χ2n) is 4.70. The van der Waals surface area contributed by atoms with Crippen molar-refractivity contribution < 1.29 is 14.7 Å². The monoisotopic (exact) mass is 244 g/mol. The second kappa shape index (κ2) is 8.06. The van der Waals surface area contributed by atoms with E-state index in [1.54, 1.807) is 0 Å². The largest absolute Gasteiger partial charge is 0.480 e. The quantitative estimate of drug-likeness (QED) is 0.595. The summed E-state index contributed by atoms with van der Waals surface area (Å²) in [7, 11) is 0. The van der Waals surface area contributed by atoms with Gasteiger partial charge in [-0.1, -0.05) is 27.2 Å². The lowest BCUT2D eigenvalue weighted by atomic mass is 10.1. The Balaban J connectivity index is 4.01. The van der Waals surface area contributed by atoms with E-state index in [2.05, 4.69) is 17.6 Å². The van der Waals surface area contributed by atoms with Gasteiger partial charge in [-0.2, -0.15) is 0 Å². The number of rotatable bonds is 8. The third-order valence-electron chi connectivity index (χ3n) is 2.54. The van der Waals surface area contributed by atoms with Crippen LogP contribution in [0.2, 0.25) is 0 Å². The number of aliphatic carboxylic acids is 1. The van der Waals surface area contributed by atoms with Crippen molar-refractivity contribution in [3.63, 3.8) is 0 Å². The number of hydrogen-bond donors (Lipinski definition) is 3. The van der Waals surface area contributed by atoms with Gasteiger partial charge in [0.1, 0.15) is 6.04 Å². The topological polar surface area (TPSA) is 78.4 Å². The Morgan fingerprint density at radius 1 is 1.24 bits per heavy atom. The first kappa shape index (κ1) is 15.9. The Morgan fingerprint density at radius 2 is 1.82 bits per heavy atom. The highest BCUT2D eigenvalue weighted by Gasteiger charge is 2.21. The molecule has 0 aliphatic carbocycles. The van der Waals surface area contributed by atoms with Gasteiger partial charge in [0.25, 0.3) is 0 Å². The molecule has 0 saturated heterocycles. The highest BCUT2D eigenvalue weighted by Crippen LogP contribution is 2.01. The molecule has 17 heavy (non-hydrogen) atoms. The van der Waals surface area contributed by atoms with Crippen LogP contribution in [-0.2, 0) is 9.59 Å². The van der Waals surface area contributed by atoms with Gasteiger partial charge in [0, 0.05) is 6.04 Å². The molecule has 2 unspecified atom stereocenters. The van der Waals surface area contributed by atoms with Gasteiger partial charge < -0.3 is 10.4 Å². The van der Waals surface area contributed by atoms with E-state index in [0.29, 0.717) is 0 Å². The number of carboxylic acids is 1. The molecule has 5 nitrogen and oxygen atoms in total. The summed E-state index contributed by atoms with van der Waals surface area (Å²) in [4.78, 5) is 22.4. The fraction of sp³-hybridized carbons (Fsp3) is 0.833. The van der Waals surface area contributed by atoms with Crippen molar-refractivity contribution >= 4 is 11.9 Å². The third kappa shape index (κ3) is 6.94. The molecule has 0 heterocycles. The lowest BCUT2D eigenvalue weighted by Crippen LogP contribution is -2.47. The number of carbonyl (C=O) groups is 2. The van der Waals surface area contributed by atoms with Crippen molar-refractivity contribution in [3.8, 4) is 0 Å². The normalized spacial score (nSPS) is 14.4. The zero-order chi connectivity index (χ0) is 13.4. The van der Waals surface area contributed by atoms with Gasteiger partial charge in [0.15, 0.2) is 0 Å². The Bertz CT molecular complexity index is 254. The minimum Gasteiger partial charge on any atom is -0.480 e. The molecule has 2 atom stereocenters. The predicted molar refractivity (Wildman–Crippen MR) is 66.8 cm³/mol. The van der Waals surface area contributed by atoms with E-state index in [9.17, 15) is 9.59 Å². The highest BCUT2D eigenvalue weighted by molar-refractivity contribution is 5.80. The van der Waals surface area contributed by atoms with Crippen molar-refractivity contribution in [2.75, 3.05) is 6.54 Å². The molecule has 0 aliphatic heterocycles. The first-order chi connectivity index (χ1) is 7.88. The standard InChI is InChI=1S/C12H24N2O3/c1-5-6-9(4)14-10(15)7-13-11(8(2)3)12(16)17/h8-9,11,13H,5-7H2,1-4H3,(H,14,15)(H,16,17). The second-order valence-corrected chi connectivity index (χ2v) is 4.70. The Hall–Kier alpha value is -1.10. The number of amides is 1. The number of nitrogens with one attached hydrogen (secondary N) is 2. The lowest BCUT2D eigenvalue weighted by molar-refractivity contribution is -0.140. The zero-order valence-corrected chi connectivity index (χ0v) is 11.1. The molecule has 100 valence electrons. The highest BCUT2D eigenvalue weighted by atomic mass is 16.4. The van der Waals surface area contributed by atoms with Gasteiger partial charge >= 0.3 is 5.97 Å². The van der Waals surface area contributed by atoms with Crippen molar-refractivity contribution in [2.45, 2.75) is 52.6 Å². The predicted octanol–water partition coefficient (Wildman–Crippen LogP) is 0.990. The minimum absolute atomic E-state index is 0.0448. The van der Waals surface area contributed by atoms with Gasteiger partial charge in [-0.15, -0.1) is 0 Å². The Kier molecular flexibility index (Phi) is 7.54. The zero-order valence-electron chi connectivity index (χ0n) is 11.1. The molecule has 0 saturated carbocycles. The summed E-state index contributed by atoms with van der Waals surface area (Å²) in [5.74, 6) is -1.12. The van der Waals surface area contributed by atoms with Crippen LogP contribution in [0, 0.1) is 5.92 Å². The molecule has 0 aromatic rings. The van der Waals surface area contributed by atoms with Crippen molar-refractivity contribution in [3.05, 3.63) is 0 Å². The van der Waals surface area contributed by atoms with Crippen LogP contribution in [0.15, 0.2) is 0 Å². The van der Waals surface area contributed by atoms with Crippen LogP contribution in [0.5, 0.6) is 0 Å². The molecule has 0 bridgehead atoms. The van der Waals surface area contributed by atoms with Crippen LogP contribution >= 0.6 is 0 Å². The molecule has 0 aliphatic rings. The molecular formula is C12H24N2O3. The fourth-order valence-electron chi connectivity index (χ4n) is 1.64. The first-order valence-corrected chi connectivity index (χ1v) is 6.14. The minimum atomic E-state index is -0.922. The summed E-state index contributed by atoms with van der Waals surface area (Å²) in [6.45, 7) is 7.66. The number of carboxylic acid groups (broad SMARTS) is 1. The van der Waals surface area contributed by atoms with Crippen LogP contribution in [0.3, 0.4) is 0 Å². The van der Waals surface area contributed by atoms with E-state index >= 15 is 0 Å². The van der Waals surface area contributed by atoms with Crippen LogP contribution in [0.1, 0.15) is 40.5 Å². The smallest absolute Gasteiger partial charge is 0.320 e. The van der Waals surface area contributed by atoms with Crippen molar-refractivity contribution in [2.24, 2.45) is 5.92 Å². The van der Waals surface area contributed by atoms with Crippen LogP contribution in [0.25, 0.3) is 0 Å². The molecule has 1 amide bonds. The van der Waals surface area contributed by atoms with E-state index in [4.69, 9.17) is 5.11 Å². The molecule has 0 spiro atoms. The van der Waals surface area contributed by atoms with Gasteiger partial charge in [0.05, 0.1) is 6.54 Å². The first-order valence-electron chi connectivity index (χ1n) is 6.14. The third-order valence-corrected chi connectivity index (χ3v) is 2.54. The maximum absolute atomic E-state index is 11.5. The Morgan fingerprint density at radius 3 is 2.24 bits per heavy atom. The molecule has 0 fully saturated rings. The molecule has 0 aromatic heterocycles. The van der Waals surface area contributed by atoms with Gasteiger partial charge in [-0.3, -0.25) is 14.9 Å². The lowest BCUT2D eigenvalue weighted by Gasteiger charge is -2.18. The van der Waals surface area contributed by atoms with Gasteiger partial charge in [0.2, 0.25) is 5.91 Å². The summed E-state index contributed by atoms with van der Waals surface area (Å²) < 4.78 is 0.